The van der Waals surface area contributed by atoms with E-state index in [4.69, 9.17) is 4.74 Å². The molecule has 0 atom stereocenters. The Hall–Kier alpha value is -4.97. The fraction of sp³-hybridized carbons (Fsp3) is 0.179. The predicted molar refractivity (Wildman–Crippen MR) is 152 cm³/mol. The standard InChI is InChI=1S/C28H19F7N6O4S/c29-20-11-16(24-36-15-40(39-24)18-6-8-19(9-7-18)45-28(33,34)35)5-10-21(20)37-25(43)38-26-41(23(42)13-46-26)22-4-2-1-3-17(22)12-44-14-27(30,31)32/h1-11,15H,12-14H2,(H,37,43). The van der Waals surface area contributed by atoms with Crippen molar-refractivity contribution in [3.8, 4) is 22.8 Å². The van der Waals surface area contributed by atoms with Crippen molar-refractivity contribution in [1.82, 2.24) is 14.8 Å². The van der Waals surface area contributed by atoms with Crippen molar-refractivity contribution in [2.75, 3.05) is 22.6 Å². The van der Waals surface area contributed by atoms with E-state index in [1.54, 1.807) is 12.1 Å². The molecule has 5 rings (SSSR count). The van der Waals surface area contributed by atoms with Gasteiger partial charge in [0.25, 0.3) is 0 Å². The minimum Gasteiger partial charge on any atom is -0.406 e. The number of amides is 3. The number of nitrogens with zero attached hydrogens (tertiary/aromatic N) is 5. The number of benzene rings is 3. The van der Waals surface area contributed by atoms with E-state index >= 15 is 0 Å². The Bertz CT molecular complexity index is 1780. The molecule has 0 aliphatic carbocycles. The highest BCUT2D eigenvalue weighted by molar-refractivity contribution is 8.15. The molecular weight excluding hydrogens is 649 g/mol. The van der Waals surface area contributed by atoms with Crippen molar-refractivity contribution in [2.45, 2.75) is 19.1 Å². The molecule has 46 heavy (non-hydrogen) atoms. The van der Waals surface area contributed by atoms with Gasteiger partial charge < -0.3 is 14.8 Å². The summed E-state index contributed by atoms with van der Waals surface area (Å²) in [6.07, 6.45) is -8.12. The van der Waals surface area contributed by atoms with Gasteiger partial charge in [0.05, 0.1) is 29.4 Å². The van der Waals surface area contributed by atoms with Crippen molar-refractivity contribution in [3.05, 3.63) is 84.4 Å². The highest BCUT2D eigenvalue weighted by Crippen LogP contribution is 2.31. The number of aromatic nitrogens is 3. The zero-order chi connectivity index (χ0) is 33.1. The third kappa shape index (κ3) is 8.19. The number of alkyl halides is 6. The van der Waals surface area contributed by atoms with Gasteiger partial charge in [0, 0.05) is 11.1 Å². The lowest BCUT2D eigenvalue weighted by molar-refractivity contribution is -0.274. The van der Waals surface area contributed by atoms with Crippen LogP contribution in [0.25, 0.3) is 17.1 Å². The average Bonchev–Trinajstić information content (AvgIpc) is 3.60. The number of rotatable bonds is 8. The van der Waals surface area contributed by atoms with Gasteiger partial charge in [-0.1, -0.05) is 30.0 Å². The number of carbonyl (C=O) groups excluding carboxylic acids is 2. The van der Waals surface area contributed by atoms with Gasteiger partial charge in [-0.3, -0.25) is 9.69 Å². The van der Waals surface area contributed by atoms with Crippen LogP contribution in [-0.2, 0) is 16.1 Å². The van der Waals surface area contributed by atoms with Gasteiger partial charge in [-0.2, -0.15) is 18.2 Å². The Morgan fingerprint density at radius 3 is 2.46 bits per heavy atom. The van der Waals surface area contributed by atoms with E-state index < -0.39 is 49.3 Å². The summed E-state index contributed by atoms with van der Waals surface area (Å²) < 4.78 is 99.6. The van der Waals surface area contributed by atoms with Crippen LogP contribution in [0, 0.1) is 5.82 Å². The molecule has 1 aliphatic heterocycles. The fourth-order valence-electron chi connectivity index (χ4n) is 4.12. The van der Waals surface area contributed by atoms with Crippen molar-refractivity contribution < 1.29 is 49.8 Å². The monoisotopic (exact) mass is 668 g/mol. The summed E-state index contributed by atoms with van der Waals surface area (Å²) in [6.45, 7) is -1.95. The molecule has 3 amide bonds. The smallest absolute Gasteiger partial charge is 0.406 e. The van der Waals surface area contributed by atoms with Crippen molar-refractivity contribution in [2.24, 2.45) is 4.99 Å². The molecule has 0 saturated carbocycles. The summed E-state index contributed by atoms with van der Waals surface area (Å²) in [6, 6.07) is 13.5. The third-order valence-corrected chi connectivity index (χ3v) is 6.94. The van der Waals surface area contributed by atoms with Gasteiger partial charge >= 0.3 is 18.6 Å². The van der Waals surface area contributed by atoms with Gasteiger partial charge in [0.15, 0.2) is 11.0 Å². The number of para-hydroxylation sites is 1. The summed E-state index contributed by atoms with van der Waals surface area (Å²) in [5.41, 5.74) is 0.732. The quantitative estimate of drug-likeness (QED) is 0.208. The number of aliphatic imine (C=N–C) groups is 1. The van der Waals surface area contributed by atoms with Gasteiger partial charge in [0.1, 0.15) is 24.5 Å². The second-order valence-electron chi connectivity index (χ2n) is 9.33. The molecule has 1 saturated heterocycles. The normalized spacial score (nSPS) is 14.6. The summed E-state index contributed by atoms with van der Waals surface area (Å²) in [7, 11) is 0. The lowest BCUT2D eigenvalue weighted by atomic mass is 10.1. The Kier molecular flexibility index (Phi) is 9.29. The first-order valence-corrected chi connectivity index (χ1v) is 13.9. The third-order valence-electron chi connectivity index (χ3n) is 6.01. The van der Waals surface area contributed by atoms with Gasteiger partial charge in [-0.15, -0.1) is 18.3 Å². The summed E-state index contributed by atoms with van der Waals surface area (Å²) >= 11 is 0.912. The topological polar surface area (TPSA) is 111 Å². The molecule has 240 valence electrons. The number of hydrogen-bond acceptors (Lipinski definition) is 7. The van der Waals surface area contributed by atoms with Crippen molar-refractivity contribution in [3.63, 3.8) is 0 Å². The molecule has 0 unspecified atom stereocenters. The molecule has 0 radical (unpaired) electrons. The van der Waals surface area contributed by atoms with Crippen LogP contribution in [-0.4, -0.2) is 56.8 Å². The number of hydrogen-bond donors (Lipinski definition) is 1. The largest absolute Gasteiger partial charge is 0.573 e. The number of ether oxygens (including phenoxy) is 2. The number of thioether (sulfide) groups is 1. The minimum absolute atomic E-state index is 0.0713. The fourth-order valence-corrected chi connectivity index (χ4v) is 4.97. The lowest BCUT2D eigenvalue weighted by Gasteiger charge is -2.20. The van der Waals surface area contributed by atoms with E-state index in [9.17, 15) is 40.3 Å². The Morgan fingerprint density at radius 1 is 1.02 bits per heavy atom. The summed E-state index contributed by atoms with van der Waals surface area (Å²) in [5, 5.41) is 6.41. The van der Waals surface area contributed by atoms with E-state index in [0.717, 1.165) is 34.9 Å². The molecule has 0 bridgehead atoms. The minimum atomic E-state index is -4.84. The maximum absolute atomic E-state index is 15.0. The molecule has 3 aromatic carbocycles. The van der Waals surface area contributed by atoms with Crippen LogP contribution >= 0.6 is 11.8 Å². The first-order valence-electron chi connectivity index (χ1n) is 12.9. The average molecular weight is 669 g/mol. The molecule has 4 aromatic rings. The second-order valence-corrected chi connectivity index (χ2v) is 10.3. The van der Waals surface area contributed by atoms with E-state index in [0.29, 0.717) is 5.69 Å². The first kappa shape index (κ1) is 32.4. The van der Waals surface area contributed by atoms with Crippen LogP contribution in [0.3, 0.4) is 0 Å². The summed E-state index contributed by atoms with van der Waals surface area (Å²) in [5.74, 6) is -1.81. The van der Waals surface area contributed by atoms with Crippen molar-refractivity contribution in [1.29, 1.82) is 0 Å². The van der Waals surface area contributed by atoms with E-state index in [2.05, 4.69) is 25.1 Å². The molecule has 1 fully saturated rings. The van der Waals surface area contributed by atoms with Crippen LogP contribution in [0.2, 0.25) is 0 Å². The maximum atomic E-state index is 15.0. The highest BCUT2D eigenvalue weighted by Gasteiger charge is 2.33. The highest BCUT2D eigenvalue weighted by atomic mass is 32.2. The van der Waals surface area contributed by atoms with E-state index in [1.807, 2.05) is 0 Å². The van der Waals surface area contributed by atoms with Crippen LogP contribution in [0.4, 0.5) is 46.9 Å². The molecule has 1 N–H and O–H groups in total. The number of halogens is 7. The molecule has 18 heteroatoms. The SMILES string of the molecule is O=C(N=C1SCC(=O)N1c1ccccc1COCC(F)(F)F)Nc1ccc(-c2ncn(-c3ccc(OC(F)(F)F)cc3)n2)cc1F. The van der Waals surface area contributed by atoms with Gasteiger partial charge in [0.2, 0.25) is 5.91 Å². The maximum Gasteiger partial charge on any atom is 0.573 e. The summed E-state index contributed by atoms with van der Waals surface area (Å²) in [4.78, 5) is 34.4. The Labute approximate surface area is 258 Å². The Balaban J connectivity index is 1.27. The first-order chi connectivity index (χ1) is 21.8. The van der Waals surface area contributed by atoms with Gasteiger partial charge in [-0.25, -0.2) is 18.9 Å². The van der Waals surface area contributed by atoms with E-state index in [1.165, 1.54) is 47.4 Å². The number of carbonyl (C=O) groups is 2. The molecule has 1 aromatic heterocycles. The number of amidine groups is 1. The number of anilines is 2. The number of nitrogens with one attached hydrogen (secondary N) is 1. The lowest BCUT2D eigenvalue weighted by Crippen LogP contribution is -2.31. The Morgan fingerprint density at radius 2 is 1.76 bits per heavy atom. The number of urea groups is 1. The molecule has 1 aliphatic rings. The molecular formula is C28H19F7N6O4S. The molecule has 0 spiro atoms. The van der Waals surface area contributed by atoms with Crippen LogP contribution < -0.4 is 15.0 Å². The zero-order valence-corrected chi connectivity index (χ0v) is 23.8. The second kappa shape index (κ2) is 13.2. The zero-order valence-electron chi connectivity index (χ0n) is 23.0. The van der Waals surface area contributed by atoms with Crippen molar-refractivity contribution >= 4 is 40.2 Å². The van der Waals surface area contributed by atoms with Gasteiger partial charge in [-0.05, 0) is 48.5 Å². The predicted octanol–water partition coefficient (Wildman–Crippen LogP) is 6.72. The molecule has 2 heterocycles. The van der Waals surface area contributed by atoms with Crippen LogP contribution in [0.1, 0.15) is 5.56 Å². The van der Waals surface area contributed by atoms with Crippen LogP contribution in [0.15, 0.2) is 78.0 Å². The molecule has 10 nitrogen and oxygen atoms in total. The van der Waals surface area contributed by atoms with Crippen LogP contribution in [0.5, 0.6) is 5.75 Å². The van der Waals surface area contributed by atoms with E-state index in [-0.39, 0.29) is 39.2 Å².